The molecule has 12 heteroatoms. The van der Waals surface area contributed by atoms with Crippen molar-refractivity contribution in [3.8, 4) is 0 Å². The van der Waals surface area contributed by atoms with Gasteiger partial charge in [0.05, 0.1) is 13.0 Å². The van der Waals surface area contributed by atoms with Crippen molar-refractivity contribution in [2.45, 2.75) is 97.6 Å². The minimum absolute atomic E-state index is 0.0967. The van der Waals surface area contributed by atoms with Crippen molar-refractivity contribution in [3.63, 3.8) is 0 Å². The van der Waals surface area contributed by atoms with E-state index in [-0.39, 0.29) is 13.0 Å². The molecule has 5 N–H and O–H groups in total. The molecule has 0 spiro atoms. The average Bonchev–Trinajstić information content (AvgIpc) is 2.92. The van der Waals surface area contributed by atoms with Gasteiger partial charge < -0.3 is 35.8 Å². The van der Waals surface area contributed by atoms with Crippen LogP contribution in [0.15, 0.2) is 48.5 Å². The highest BCUT2D eigenvalue weighted by atomic mass is 16.6. The lowest BCUT2D eigenvalue weighted by Crippen LogP contribution is -2.56. The van der Waals surface area contributed by atoms with Crippen molar-refractivity contribution in [2.24, 2.45) is 5.73 Å². The molecule has 0 fully saturated rings. The van der Waals surface area contributed by atoms with Crippen molar-refractivity contribution in [1.29, 1.82) is 0 Å². The Bertz CT molecular complexity index is 1380. The van der Waals surface area contributed by atoms with E-state index in [2.05, 4.69) is 10.6 Å². The van der Waals surface area contributed by atoms with Gasteiger partial charge in [-0.1, -0.05) is 54.1 Å². The Labute approximate surface area is 271 Å². The molecule has 3 atom stereocenters. The van der Waals surface area contributed by atoms with Crippen molar-refractivity contribution in [1.82, 2.24) is 15.5 Å². The monoisotopic (exact) mass is 640 g/mol. The molecule has 0 aliphatic heterocycles. The maximum Gasteiger partial charge on any atom is 0.408 e. The Hall–Kier alpha value is -4.45. The number of esters is 1. The maximum absolute atomic E-state index is 14.4. The largest absolute Gasteiger partial charge is 0.458 e. The Balaban J connectivity index is 2.64. The summed E-state index contributed by atoms with van der Waals surface area (Å²) in [6.45, 7) is 12.7. The molecule has 0 saturated heterocycles. The molecule has 0 saturated carbocycles. The molecule has 0 bridgehead atoms. The number of aryl methyl sites for hydroxylation is 2. The number of ether oxygens (including phenoxy) is 2. The van der Waals surface area contributed by atoms with Crippen LogP contribution in [0.5, 0.6) is 0 Å². The van der Waals surface area contributed by atoms with Crippen LogP contribution in [-0.2, 0) is 35.1 Å². The zero-order chi connectivity index (χ0) is 34.8. The van der Waals surface area contributed by atoms with Crippen LogP contribution in [0.2, 0.25) is 0 Å². The van der Waals surface area contributed by atoms with Gasteiger partial charge in [-0.2, -0.15) is 0 Å². The first-order valence-electron chi connectivity index (χ1n) is 15.1. The second kappa shape index (κ2) is 16.2. The summed E-state index contributed by atoms with van der Waals surface area (Å²) in [6.07, 6.45) is -1.48. The molecule has 252 valence electrons. The number of nitrogens with two attached hydrogens (primary N) is 1. The van der Waals surface area contributed by atoms with Crippen LogP contribution in [0.1, 0.15) is 76.3 Å². The highest BCUT2D eigenvalue weighted by Gasteiger charge is 2.39. The fourth-order valence-corrected chi connectivity index (χ4v) is 4.70. The van der Waals surface area contributed by atoms with Gasteiger partial charge in [-0.3, -0.25) is 14.4 Å². The van der Waals surface area contributed by atoms with E-state index in [0.717, 1.165) is 16.0 Å². The number of alkyl carbamates (subject to hydrolysis) is 1. The third-order valence-electron chi connectivity index (χ3n) is 6.60. The second-order valence-corrected chi connectivity index (χ2v) is 13.2. The third kappa shape index (κ3) is 12.2. The number of benzene rings is 2. The lowest BCUT2D eigenvalue weighted by Gasteiger charge is -2.35. The summed E-state index contributed by atoms with van der Waals surface area (Å²) < 4.78 is 10.9. The van der Waals surface area contributed by atoms with E-state index in [9.17, 15) is 29.1 Å². The molecule has 12 nitrogen and oxygen atoms in total. The normalized spacial score (nSPS) is 13.5. The van der Waals surface area contributed by atoms with Crippen LogP contribution in [0, 0.1) is 13.8 Å². The zero-order valence-electron chi connectivity index (χ0n) is 28.0. The Morgan fingerprint density at radius 2 is 1.48 bits per heavy atom. The molecule has 0 heterocycles. The van der Waals surface area contributed by atoms with Gasteiger partial charge in [0.25, 0.3) is 0 Å². The summed E-state index contributed by atoms with van der Waals surface area (Å²) in [4.78, 5) is 67.7. The number of hydrogen-bond acceptors (Lipinski definition) is 8. The molecule has 0 radical (unpaired) electrons. The molecule has 46 heavy (non-hydrogen) atoms. The van der Waals surface area contributed by atoms with Gasteiger partial charge >= 0.3 is 12.1 Å². The van der Waals surface area contributed by atoms with Crippen LogP contribution >= 0.6 is 0 Å². The van der Waals surface area contributed by atoms with E-state index in [0.29, 0.717) is 11.1 Å². The molecule has 3 unspecified atom stereocenters. The van der Waals surface area contributed by atoms with Crippen molar-refractivity contribution in [3.05, 3.63) is 70.8 Å². The fourth-order valence-electron chi connectivity index (χ4n) is 4.70. The number of aliphatic hydroxyl groups is 1. The van der Waals surface area contributed by atoms with E-state index in [1.54, 1.807) is 72.7 Å². The summed E-state index contributed by atoms with van der Waals surface area (Å²) >= 11 is 0. The quantitative estimate of drug-likeness (QED) is 0.242. The van der Waals surface area contributed by atoms with Gasteiger partial charge in [0, 0.05) is 13.0 Å². The van der Waals surface area contributed by atoms with Gasteiger partial charge in [-0.15, -0.1) is 0 Å². The molecule has 2 rings (SSSR count). The highest BCUT2D eigenvalue weighted by molar-refractivity contribution is 5.96. The van der Waals surface area contributed by atoms with Crippen LogP contribution in [0.3, 0.4) is 0 Å². The van der Waals surface area contributed by atoms with E-state index >= 15 is 0 Å². The Morgan fingerprint density at radius 1 is 0.870 bits per heavy atom. The molecular formula is C34H48N4O8. The number of aliphatic hydroxyl groups excluding tert-OH is 1. The summed E-state index contributed by atoms with van der Waals surface area (Å²) in [5.74, 6) is -3.17. The molecule has 0 aliphatic carbocycles. The minimum Gasteiger partial charge on any atom is -0.458 e. The van der Waals surface area contributed by atoms with Gasteiger partial charge in [-0.05, 0) is 72.1 Å². The summed E-state index contributed by atoms with van der Waals surface area (Å²) in [7, 11) is 0. The first-order valence-corrected chi connectivity index (χ1v) is 15.1. The van der Waals surface area contributed by atoms with Gasteiger partial charge in [-0.25, -0.2) is 9.59 Å². The van der Waals surface area contributed by atoms with Crippen LogP contribution in [0.4, 0.5) is 4.79 Å². The van der Waals surface area contributed by atoms with Crippen LogP contribution < -0.4 is 16.4 Å². The highest BCUT2D eigenvalue weighted by Crippen LogP contribution is 2.27. The lowest BCUT2D eigenvalue weighted by molar-refractivity contribution is -0.159. The maximum atomic E-state index is 14.4. The van der Waals surface area contributed by atoms with E-state index in [4.69, 9.17) is 15.2 Å². The predicted octanol–water partition coefficient (Wildman–Crippen LogP) is 3.00. The smallest absolute Gasteiger partial charge is 0.408 e. The zero-order valence-corrected chi connectivity index (χ0v) is 28.0. The number of carbonyl (C=O) groups is 5. The van der Waals surface area contributed by atoms with Gasteiger partial charge in [0.1, 0.15) is 29.3 Å². The minimum atomic E-state index is -1.52. The topological polar surface area (TPSA) is 177 Å². The number of hydrogen-bond donors (Lipinski definition) is 4. The third-order valence-corrected chi connectivity index (χ3v) is 6.60. The first kappa shape index (κ1) is 37.7. The summed E-state index contributed by atoms with van der Waals surface area (Å²) in [5.41, 5.74) is 6.28. The number of carbonyl (C=O) groups excluding carboxylic acids is 5. The summed E-state index contributed by atoms with van der Waals surface area (Å²) in [6, 6.07) is 10.3. The molecular weight excluding hydrogens is 592 g/mol. The molecule has 0 aliphatic rings. The first-order chi connectivity index (χ1) is 21.3. The molecule has 2 aromatic rings. The fraction of sp³-hybridized carbons (Fsp3) is 0.500. The van der Waals surface area contributed by atoms with E-state index in [1.165, 1.54) is 0 Å². The van der Waals surface area contributed by atoms with Gasteiger partial charge in [0.15, 0.2) is 0 Å². The number of nitrogens with one attached hydrogen (secondary N) is 2. The van der Waals surface area contributed by atoms with E-state index < -0.39 is 72.1 Å². The van der Waals surface area contributed by atoms with Crippen molar-refractivity contribution >= 4 is 29.8 Å². The molecule has 0 aromatic heterocycles. The van der Waals surface area contributed by atoms with Crippen LogP contribution in [-0.4, -0.2) is 76.2 Å². The number of rotatable bonds is 13. The molecule has 2 aromatic carbocycles. The molecule has 4 amide bonds. The van der Waals surface area contributed by atoms with Crippen molar-refractivity contribution < 1.29 is 38.6 Å². The van der Waals surface area contributed by atoms with Gasteiger partial charge in [0.2, 0.25) is 17.7 Å². The standard InChI is InChI=1S/C34H48N4O8/c1-21-14-15-22(2)24(18-21)28(29(41)36-26(31(43)45-33(3,4)5)19-23-12-10-9-11-13-23)38(16-17-39)30(42)25(20-27(35)40)37-32(44)46-34(6,7)8/h9-15,18,25-26,28,39H,16-17,19-20H2,1-8H3,(H2,35,40)(H,36,41)(H,37,44). The van der Waals surface area contributed by atoms with Crippen LogP contribution in [0.25, 0.3) is 0 Å². The lowest BCUT2D eigenvalue weighted by atomic mass is 9.95. The SMILES string of the molecule is Cc1ccc(C)c(C(C(=O)NC(Cc2ccccc2)C(=O)OC(C)(C)C)N(CCO)C(=O)C(CC(N)=O)NC(=O)OC(C)(C)C)c1. The average molecular weight is 641 g/mol. The number of primary amides is 1. The Kier molecular flexibility index (Phi) is 13.3. The Morgan fingerprint density at radius 3 is 2.02 bits per heavy atom. The number of amides is 4. The number of nitrogens with zero attached hydrogens (tertiary/aromatic N) is 1. The summed E-state index contributed by atoms with van der Waals surface area (Å²) in [5, 5.41) is 15.3. The second-order valence-electron chi connectivity index (χ2n) is 13.2. The predicted molar refractivity (Wildman–Crippen MR) is 172 cm³/mol. The van der Waals surface area contributed by atoms with E-state index in [1.807, 2.05) is 31.2 Å². The van der Waals surface area contributed by atoms with Crippen molar-refractivity contribution in [2.75, 3.05) is 13.2 Å².